The lowest BCUT2D eigenvalue weighted by atomic mass is 10.1. The standard InChI is InChI=1S/C12H17N3O3/c1-8-5-3-2-4-6-15(8)11(16)9-10(12(17)18)14-7-13-9/h7-8H,2-6H2,1H3,(H,13,14)(H,17,18). The molecule has 0 radical (unpaired) electrons. The molecule has 6 heteroatoms. The highest BCUT2D eigenvalue weighted by atomic mass is 16.4. The molecule has 2 rings (SSSR count). The van der Waals surface area contributed by atoms with E-state index in [9.17, 15) is 9.59 Å². The van der Waals surface area contributed by atoms with Crippen LogP contribution in [-0.4, -0.2) is 44.4 Å². The number of aromatic nitrogens is 2. The monoisotopic (exact) mass is 251 g/mol. The number of nitrogens with zero attached hydrogens (tertiary/aromatic N) is 2. The van der Waals surface area contributed by atoms with Crippen LogP contribution in [0.1, 0.15) is 53.6 Å². The molecule has 1 aromatic heterocycles. The number of hydrogen-bond acceptors (Lipinski definition) is 3. The Balaban J connectivity index is 2.24. The maximum atomic E-state index is 12.3. The van der Waals surface area contributed by atoms with Gasteiger partial charge in [-0.3, -0.25) is 4.79 Å². The van der Waals surface area contributed by atoms with Gasteiger partial charge in [-0.25, -0.2) is 9.78 Å². The minimum atomic E-state index is -1.15. The zero-order valence-electron chi connectivity index (χ0n) is 10.3. The minimum absolute atomic E-state index is 0.0104. The van der Waals surface area contributed by atoms with Crippen LogP contribution in [-0.2, 0) is 0 Å². The first kappa shape index (κ1) is 12.6. The predicted octanol–water partition coefficient (Wildman–Crippen LogP) is 1.51. The first-order chi connectivity index (χ1) is 8.61. The maximum Gasteiger partial charge on any atom is 0.354 e. The van der Waals surface area contributed by atoms with Crippen molar-refractivity contribution in [3.8, 4) is 0 Å². The number of aromatic carboxylic acids is 1. The minimum Gasteiger partial charge on any atom is -0.477 e. The first-order valence-electron chi connectivity index (χ1n) is 6.19. The van der Waals surface area contributed by atoms with E-state index in [-0.39, 0.29) is 23.3 Å². The van der Waals surface area contributed by atoms with Gasteiger partial charge >= 0.3 is 5.97 Å². The quantitative estimate of drug-likeness (QED) is 0.834. The van der Waals surface area contributed by atoms with E-state index in [1.54, 1.807) is 4.90 Å². The van der Waals surface area contributed by atoms with Gasteiger partial charge in [-0.2, -0.15) is 0 Å². The molecular weight excluding hydrogens is 234 g/mol. The number of carbonyl (C=O) groups is 2. The van der Waals surface area contributed by atoms with Crippen molar-refractivity contribution in [1.29, 1.82) is 0 Å². The summed E-state index contributed by atoms with van der Waals surface area (Å²) in [5, 5.41) is 8.98. The molecule has 2 heterocycles. The second kappa shape index (κ2) is 5.20. The van der Waals surface area contributed by atoms with Gasteiger partial charge in [0.05, 0.1) is 6.33 Å². The Morgan fingerprint density at radius 2 is 2.22 bits per heavy atom. The highest BCUT2D eigenvalue weighted by molar-refractivity contribution is 6.02. The number of carboxylic acid groups (broad SMARTS) is 1. The predicted molar refractivity (Wildman–Crippen MR) is 64.5 cm³/mol. The van der Waals surface area contributed by atoms with E-state index < -0.39 is 5.97 Å². The van der Waals surface area contributed by atoms with Crippen LogP contribution >= 0.6 is 0 Å². The molecule has 1 unspecified atom stereocenters. The summed E-state index contributed by atoms with van der Waals surface area (Å²) >= 11 is 0. The number of likely N-dealkylation sites (tertiary alicyclic amines) is 1. The molecule has 18 heavy (non-hydrogen) atoms. The van der Waals surface area contributed by atoms with Crippen molar-refractivity contribution >= 4 is 11.9 Å². The van der Waals surface area contributed by atoms with Crippen molar-refractivity contribution < 1.29 is 14.7 Å². The molecule has 1 fully saturated rings. The second-order valence-corrected chi connectivity index (χ2v) is 4.63. The normalized spacial score (nSPS) is 20.5. The van der Waals surface area contributed by atoms with Gasteiger partial charge in [-0.1, -0.05) is 12.8 Å². The summed E-state index contributed by atoms with van der Waals surface area (Å²) in [4.78, 5) is 31.4. The van der Waals surface area contributed by atoms with E-state index >= 15 is 0 Å². The number of carbonyl (C=O) groups excluding carboxylic acids is 1. The zero-order valence-corrected chi connectivity index (χ0v) is 10.3. The third-order valence-electron chi connectivity index (χ3n) is 3.37. The van der Waals surface area contributed by atoms with Crippen molar-refractivity contribution in [2.24, 2.45) is 0 Å². The van der Waals surface area contributed by atoms with Crippen LogP contribution in [0.3, 0.4) is 0 Å². The SMILES string of the molecule is CC1CCCCCN1C(=O)c1nc[nH]c1C(=O)O. The van der Waals surface area contributed by atoms with E-state index in [2.05, 4.69) is 9.97 Å². The van der Waals surface area contributed by atoms with Crippen LogP contribution in [0.2, 0.25) is 0 Å². The molecule has 6 nitrogen and oxygen atoms in total. The Hall–Kier alpha value is -1.85. The largest absolute Gasteiger partial charge is 0.477 e. The van der Waals surface area contributed by atoms with Crippen molar-refractivity contribution in [3.63, 3.8) is 0 Å². The van der Waals surface area contributed by atoms with E-state index in [0.717, 1.165) is 25.7 Å². The summed E-state index contributed by atoms with van der Waals surface area (Å²) in [7, 11) is 0. The average molecular weight is 251 g/mol. The molecular formula is C12H17N3O3. The first-order valence-corrected chi connectivity index (χ1v) is 6.19. The lowest BCUT2D eigenvalue weighted by molar-refractivity contribution is 0.0647. The molecule has 1 amide bonds. The number of amides is 1. The lowest BCUT2D eigenvalue weighted by Gasteiger charge is -2.26. The lowest BCUT2D eigenvalue weighted by Crippen LogP contribution is -2.39. The third kappa shape index (κ3) is 2.37. The molecule has 98 valence electrons. The van der Waals surface area contributed by atoms with Crippen LogP contribution in [0, 0.1) is 0 Å². The highest BCUT2D eigenvalue weighted by Crippen LogP contribution is 2.19. The Kier molecular flexibility index (Phi) is 3.64. The summed E-state index contributed by atoms with van der Waals surface area (Å²) in [5.41, 5.74) is -0.118. The van der Waals surface area contributed by atoms with Gasteiger partial charge in [-0.15, -0.1) is 0 Å². The molecule has 0 aliphatic carbocycles. The fourth-order valence-corrected chi connectivity index (χ4v) is 2.33. The van der Waals surface area contributed by atoms with E-state index in [1.807, 2.05) is 6.92 Å². The molecule has 1 aliphatic rings. The van der Waals surface area contributed by atoms with Gasteiger partial charge in [0.25, 0.3) is 5.91 Å². The molecule has 0 saturated carbocycles. The number of hydrogen-bond donors (Lipinski definition) is 2. The summed E-state index contributed by atoms with van der Waals surface area (Å²) in [5.74, 6) is -1.44. The van der Waals surface area contributed by atoms with Crippen LogP contribution in [0.15, 0.2) is 6.33 Å². The molecule has 1 aliphatic heterocycles. The van der Waals surface area contributed by atoms with Crippen LogP contribution < -0.4 is 0 Å². The summed E-state index contributed by atoms with van der Waals surface area (Å²) in [6.07, 6.45) is 5.39. The number of nitrogens with one attached hydrogen (secondary N) is 1. The number of carboxylic acids is 1. The number of imidazole rings is 1. The van der Waals surface area contributed by atoms with Crippen LogP contribution in [0.4, 0.5) is 0 Å². The van der Waals surface area contributed by atoms with Gasteiger partial charge in [0, 0.05) is 12.6 Å². The molecule has 1 aromatic rings. The van der Waals surface area contributed by atoms with E-state index in [0.29, 0.717) is 6.54 Å². The zero-order chi connectivity index (χ0) is 13.1. The Morgan fingerprint density at radius 3 is 2.94 bits per heavy atom. The van der Waals surface area contributed by atoms with Gasteiger partial charge in [0.15, 0.2) is 11.4 Å². The van der Waals surface area contributed by atoms with E-state index in [4.69, 9.17) is 5.11 Å². The smallest absolute Gasteiger partial charge is 0.354 e. The highest BCUT2D eigenvalue weighted by Gasteiger charge is 2.28. The van der Waals surface area contributed by atoms with Gasteiger partial charge < -0.3 is 15.0 Å². The van der Waals surface area contributed by atoms with Crippen molar-refractivity contribution in [3.05, 3.63) is 17.7 Å². The summed E-state index contributed by atoms with van der Waals surface area (Å²) in [6.45, 7) is 2.67. The average Bonchev–Trinajstić information content (AvgIpc) is 2.72. The Labute approximate surface area is 105 Å². The molecule has 1 saturated heterocycles. The number of rotatable bonds is 2. The Bertz CT molecular complexity index is 455. The fraction of sp³-hybridized carbons (Fsp3) is 0.583. The van der Waals surface area contributed by atoms with Gasteiger partial charge in [0.1, 0.15) is 0 Å². The van der Waals surface area contributed by atoms with Crippen LogP contribution in [0.5, 0.6) is 0 Å². The molecule has 1 atom stereocenters. The molecule has 0 spiro atoms. The topological polar surface area (TPSA) is 86.3 Å². The van der Waals surface area contributed by atoms with Gasteiger partial charge in [0.2, 0.25) is 0 Å². The number of H-pyrrole nitrogens is 1. The summed E-state index contributed by atoms with van der Waals surface area (Å²) in [6, 6.07) is 0.137. The fourth-order valence-electron chi connectivity index (χ4n) is 2.33. The van der Waals surface area contributed by atoms with E-state index in [1.165, 1.54) is 6.33 Å². The Morgan fingerprint density at radius 1 is 1.44 bits per heavy atom. The molecule has 2 N–H and O–H groups in total. The molecule has 0 bridgehead atoms. The van der Waals surface area contributed by atoms with Crippen molar-refractivity contribution in [2.75, 3.05) is 6.54 Å². The second-order valence-electron chi connectivity index (χ2n) is 4.63. The number of aromatic amines is 1. The maximum absolute atomic E-state index is 12.3. The molecule has 0 aromatic carbocycles. The summed E-state index contributed by atoms with van der Waals surface area (Å²) < 4.78 is 0. The van der Waals surface area contributed by atoms with Crippen molar-refractivity contribution in [2.45, 2.75) is 38.6 Å². The van der Waals surface area contributed by atoms with Crippen molar-refractivity contribution in [1.82, 2.24) is 14.9 Å². The van der Waals surface area contributed by atoms with Gasteiger partial charge in [-0.05, 0) is 19.8 Å². The third-order valence-corrected chi connectivity index (χ3v) is 3.37. The van der Waals surface area contributed by atoms with Crippen LogP contribution in [0.25, 0.3) is 0 Å².